The summed E-state index contributed by atoms with van der Waals surface area (Å²) in [5.74, 6) is 0.493. The quantitative estimate of drug-likeness (QED) is 0.443. The Kier molecular flexibility index (Phi) is 5.31. The second-order valence-corrected chi connectivity index (χ2v) is 8.69. The van der Waals surface area contributed by atoms with Gasteiger partial charge in [-0.15, -0.1) is 0 Å². The van der Waals surface area contributed by atoms with Crippen LogP contribution in [0.4, 0.5) is 13.2 Å². The second-order valence-electron chi connectivity index (χ2n) is 8.69. The van der Waals surface area contributed by atoms with Gasteiger partial charge in [-0.3, -0.25) is 19.2 Å². The molecule has 0 fully saturated rings. The van der Waals surface area contributed by atoms with Gasteiger partial charge in [0.1, 0.15) is 17.2 Å². The number of nitrogens with zero attached hydrogens (tertiary/aromatic N) is 5. The Balaban J connectivity index is 1.51. The number of rotatable bonds is 3. The lowest BCUT2D eigenvalue weighted by Crippen LogP contribution is -2.38. The molecule has 1 aliphatic rings. The molecule has 34 heavy (non-hydrogen) atoms. The van der Waals surface area contributed by atoms with E-state index in [9.17, 15) is 18.0 Å². The van der Waals surface area contributed by atoms with Crippen LogP contribution in [0.3, 0.4) is 0 Å². The third-order valence-corrected chi connectivity index (χ3v) is 6.69. The van der Waals surface area contributed by atoms with Crippen LogP contribution >= 0.6 is 0 Å². The van der Waals surface area contributed by atoms with Crippen LogP contribution in [0.1, 0.15) is 30.8 Å². The molecule has 4 aromatic heterocycles. The van der Waals surface area contributed by atoms with Crippen LogP contribution in [0.5, 0.6) is 0 Å². The highest BCUT2D eigenvalue weighted by Gasteiger charge is 2.32. The molecule has 0 bridgehead atoms. The van der Waals surface area contributed by atoms with E-state index in [4.69, 9.17) is 4.98 Å². The zero-order chi connectivity index (χ0) is 24.2. The first-order valence-corrected chi connectivity index (χ1v) is 11.1. The largest absolute Gasteiger partial charge is 0.433 e. The lowest BCUT2D eigenvalue weighted by Gasteiger charge is -2.33. The summed E-state index contributed by atoms with van der Waals surface area (Å²) < 4.78 is 41.9. The van der Waals surface area contributed by atoms with E-state index >= 15 is 0 Å². The average molecular weight is 467 g/mol. The molecular weight excluding hydrogens is 443 g/mol. The maximum Gasteiger partial charge on any atom is 0.433 e. The van der Waals surface area contributed by atoms with Gasteiger partial charge in [0.25, 0.3) is 5.56 Å². The summed E-state index contributed by atoms with van der Waals surface area (Å²) >= 11 is 0. The SMILES string of the molecule is CCN1Cc2c(n(C)c3nc(-n4ccc(-c5ccc(C(F)(F)F)nc5)cc4=O)ccc23)CC1C. The summed E-state index contributed by atoms with van der Waals surface area (Å²) in [4.78, 5) is 23.6. The van der Waals surface area contributed by atoms with Gasteiger partial charge >= 0.3 is 6.18 Å². The van der Waals surface area contributed by atoms with E-state index in [2.05, 4.69) is 28.3 Å². The number of aromatic nitrogens is 4. The highest BCUT2D eigenvalue weighted by molar-refractivity contribution is 5.83. The Labute approximate surface area is 194 Å². The van der Waals surface area contributed by atoms with Crippen molar-refractivity contribution in [3.05, 3.63) is 76.1 Å². The van der Waals surface area contributed by atoms with Crippen LogP contribution in [0.2, 0.25) is 0 Å². The number of pyridine rings is 3. The summed E-state index contributed by atoms with van der Waals surface area (Å²) in [7, 11) is 2.01. The summed E-state index contributed by atoms with van der Waals surface area (Å²) in [6.45, 7) is 6.26. The Morgan fingerprint density at radius 2 is 1.91 bits per heavy atom. The third kappa shape index (κ3) is 3.69. The number of fused-ring (bicyclic) bond motifs is 3. The van der Waals surface area contributed by atoms with Crippen molar-refractivity contribution in [2.45, 2.75) is 39.0 Å². The maximum atomic E-state index is 12.9. The molecular formula is C25H24F3N5O. The molecule has 0 radical (unpaired) electrons. The number of aryl methyl sites for hydroxylation is 1. The van der Waals surface area contributed by atoms with Gasteiger partial charge in [-0.25, -0.2) is 4.98 Å². The Hall–Kier alpha value is -3.46. The first kappa shape index (κ1) is 22.3. The van der Waals surface area contributed by atoms with Crippen LogP contribution in [0.15, 0.2) is 53.6 Å². The van der Waals surface area contributed by atoms with Crippen LogP contribution in [-0.2, 0) is 26.2 Å². The van der Waals surface area contributed by atoms with E-state index < -0.39 is 11.9 Å². The van der Waals surface area contributed by atoms with Crippen molar-refractivity contribution in [2.75, 3.05) is 6.54 Å². The Morgan fingerprint density at radius 1 is 1.12 bits per heavy atom. The monoisotopic (exact) mass is 467 g/mol. The van der Waals surface area contributed by atoms with Crippen molar-refractivity contribution in [1.82, 2.24) is 24.0 Å². The number of alkyl halides is 3. The molecule has 9 heteroatoms. The normalized spacial score (nSPS) is 16.7. The molecule has 0 amide bonds. The van der Waals surface area contributed by atoms with Crippen molar-refractivity contribution < 1.29 is 13.2 Å². The van der Waals surface area contributed by atoms with E-state index in [0.717, 1.165) is 42.8 Å². The van der Waals surface area contributed by atoms with E-state index in [1.54, 1.807) is 12.3 Å². The van der Waals surface area contributed by atoms with Crippen molar-refractivity contribution in [1.29, 1.82) is 0 Å². The first-order chi connectivity index (χ1) is 16.2. The molecule has 5 rings (SSSR count). The molecule has 0 saturated heterocycles. The molecule has 0 aliphatic carbocycles. The van der Waals surface area contributed by atoms with Crippen LogP contribution in [-0.4, -0.2) is 36.6 Å². The molecule has 6 nitrogen and oxygen atoms in total. The van der Waals surface area contributed by atoms with Gasteiger partial charge in [0.2, 0.25) is 0 Å². The molecule has 0 N–H and O–H groups in total. The van der Waals surface area contributed by atoms with Gasteiger partial charge in [0.05, 0.1) is 0 Å². The zero-order valence-corrected chi connectivity index (χ0v) is 19.1. The van der Waals surface area contributed by atoms with Crippen LogP contribution < -0.4 is 5.56 Å². The van der Waals surface area contributed by atoms with Gasteiger partial charge < -0.3 is 4.57 Å². The molecule has 1 unspecified atom stereocenters. The van der Waals surface area contributed by atoms with E-state index in [1.165, 1.54) is 28.0 Å². The topological polar surface area (TPSA) is 56.0 Å². The smallest absolute Gasteiger partial charge is 0.332 e. The highest BCUT2D eigenvalue weighted by atomic mass is 19.4. The number of likely N-dealkylation sites (N-methyl/N-ethyl adjacent to an activating group) is 1. The van der Waals surface area contributed by atoms with E-state index in [1.807, 2.05) is 19.2 Å². The molecule has 4 aromatic rings. The fourth-order valence-corrected chi connectivity index (χ4v) is 4.76. The van der Waals surface area contributed by atoms with Crippen molar-refractivity contribution in [3.63, 3.8) is 0 Å². The third-order valence-electron chi connectivity index (χ3n) is 6.69. The zero-order valence-electron chi connectivity index (χ0n) is 19.1. The summed E-state index contributed by atoms with van der Waals surface area (Å²) in [5.41, 5.74) is 3.02. The predicted molar refractivity (Wildman–Crippen MR) is 124 cm³/mol. The standard InChI is InChI=1S/C25H24F3N5O/c1-4-32-14-19-18-6-8-22(30-24(18)31(3)20(19)11-15(32)2)33-10-9-16(12-23(33)34)17-5-7-21(29-13-17)25(26,27)28/h5-10,12-13,15H,4,11,14H2,1-3H3. The Bertz CT molecular complexity index is 1440. The van der Waals surface area contributed by atoms with Gasteiger partial charge in [-0.1, -0.05) is 13.0 Å². The van der Waals surface area contributed by atoms with Crippen LogP contribution in [0, 0.1) is 0 Å². The first-order valence-electron chi connectivity index (χ1n) is 11.1. The van der Waals surface area contributed by atoms with E-state index in [-0.39, 0.29) is 5.56 Å². The molecule has 0 saturated carbocycles. The van der Waals surface area contributed by atoms with E-state index in [0.29, 0.717) is 23.0 Å². The predicted octanol–water partition coefficient (Wildman–Crippen LogP) is 4.57. The molecule has 0 spiro atoms. The number of hydrogen-bond acceptors (Lipinski definition) is 4. The molecule has 5 heterocycles. The highest BCUT2D eigenvalue weighted by Crippen LogP contribution is 2.32. The van der Waals surface area contributed by atoms with Crippen molar-refractivity contribution in [3.8, 4) is 16.9 Å². The van der Waals surface area contributed by atoms with Gasteiger partial charge in [0.15, 0.2) is 0 Å². The second kappa shape index (κ2) is 8.09. The minimum Gasteiger partial charge on any atom is -0.332 e. The van der Waals surface area contributed by atoms with Crippen molar-refractivity contribution in [2.24, 2.45) is 7.05 Å². The number of halogens is 3. The maximum absolute atomic E-state index is 12.9. The van der Waals surface area contributed by atoms with Crippen LogP contribution in [0.25, 0.3) is 28.0 Å². The molecule has 1 aliphatic heterocycles. The minimum absolute atomic E-state index is 0.325. The average Bonchev–Trinajstić information content (AvgIpc) is 3.08. The fraction of sp³-hybridized carbons (Fsp3) is 0.320. The summed E-state index contributed by atoms with van der Waals surface area (Å²) in [6.07, 6.45) is -0.842. The van der Waals surface area contributed by atoms with Gasteiger partial charge in [-0.05, 0) is 48.9 Å². The fourth-order valence-electron chi connectivity index (χ4n) is 4.76. The molecule has 1 atom stereocenters. The summed E-state index contributed by atoms with van der Waals surface area (Å²) in [6, 6.07) is 9.58. The van der Waals surface area contributed by atoms with Gasteiger partial charge in [0, 0.05) is 61.2 Å². The lowest BCUT2D eigenvalue weighted by molar-refractivity contribution is -0.141. The molecule has 176 valence electrons. The Morgan fingerprint density at radius 3 is 2.56 bits per heavy atom. The van der Waals surface area contributed by atoms with Gasteiger partial charge in [-0.2, -0.15) is 13.2 Å². The minimum atomic E-state index is -4.50. The summed E-state index contributed by atoms with van der Waals surface area (Å²) in [5, 5.41) is 1.09. The lowest BCUT2D eigenvalue weighted by atomic mass is 10.00. The van der Waals surface area contributed by atoms with Crippen molar-refractivity contribution >= 4 is 11.0 Å². The molecule has 0 aromatic carbocycles. The number of hydrogen-bond donors (Lipinski definition) is 0.